The largest absolute Gasteiger partial charge is 0.383 e. The van der Waals surface area contributed by atoms with Gasteiger partial charge >= 0.3 is 0 Å². The third-order valence-electron chi connectivity index (χ3n) is 2.46. The van der Waals surface area contributed by atoms with Crippen LogP contribution in [0, 0.1) is 0 Å². The number of rotatable bonds is 6. The zero-order chi connectivity index (χ0) is 11.2. The van der Waals surface area contributed by atoms with Crippen molar-refractivity contribution in [1.82, 2.24) is 15.5 Å². The maximum Gasteiger partial charge on any atom is 0.240 e. The summed E-state index contributed by atoms with van der Waals surface area (Å²) in [5.74, 6) is 2.73. The lowest BCUT2D eigenvalue weighted by molar-refractivity contribution is 0.197. The molecule has 0 spiro atoms. The van der Waals surface area contributed by atoms with E-state index >= 15 is 0 Å². The fourth-order valence-corrected chi connectivity index (χ4v) is 2.82. The van der Waals surface area contributed by atoms with Gasteiger partial charge in [-0.3, -0.25) is 0 Å². The second-order valence-corrected chi connectivity index (χ2v) is 5.03. The van der Waals surface area contributed by atoms with Crippen LogP contribution >= 0.6 is 11.8 Å². The number of methoxy groups -OCH3 is 1. The molecule has 1 unspecified atom stereocenters. The summed E-state index contributed by atoms with van der Waals surface area (Å²) in [6, 6.07) is 0. The predicted molar refractivity (Wildman–Crippen MR) is 62.3 cm³/mol. The Kier molecular flexibility index (Phi) is 4.62. The van der Waals surface area contributed by atoms with Crippen LogP contribution in [0.3, 0.4) is 0 Å². The highest BCUT2D eigenvalue weighted by molar-refractivity contribution is 7.99. The molecule has 2 heterocycles. The third kappa shape index (κ3) is 3.20. The molecule has 16 heavy (non-hydrogen) atoms. The minimum atomic E-state index is 0.441. The van der Waals surface area contributed by atoms with Crippen molar-refractivity contribution in [2.45, 2.75) is 24.6 Å². The summed E-state index contributed by atoms with van der Waals surface area (Å²) in [7, 11) is 1.68. The fraction of sp³-hybridized carbons (Fsp3) is 0.800. The van der Waals surface area contributed by atoms with Crippen LogP contribution in [0.2, 0.25) is 0 Å². The number of aromatic nitrogens is 2. The first kappa shape index (κ1) is 11.9. The van der Waals surface area contributed by atoms with Crippen molar-refractivity contribution in [3.63, 3.8) is 0 Å². The standard InChI is InChI=1S/C10H17N3O2S/c1-14-5-4-11-7-9-12-10(13-15-9)8-3-2-6-16-8/h8,11H,2-7H2,1H3. The molecule has 1 aromatic rings. The monoisotopic (exact) mass is 243 g/mol. The van der Waals surface area contributed by atoms with Gasteiger partial charge < -0.3 is 14.6 Å². The van der Waals surface area contributed by atoms with E-state index in [1.807, 2.05) is 11.8 Å². The molecule has 1 N–H and O–H groups in total. The van der Waals surface area contributed by atoms with Crippen molar-refractivity contribution in [3.05, 3.63) is 11.7 Å². The van der Waals surface area contributed by atoms with E-state index < -0.39 is 0 Å². The smallest absolute Gasteiger partial charge is 0.240 e. The molecule has 0 aliphatic carbocycles. The lowest BCUT2D eigenvalue weighted by atomic mass is 10.2. The summed E-state index contributed by atoms with van der Waals surface area (Å²) in [6.45, 7) is 2.11. The first-order valence-electron chi connectivity index (χ1n) is 5.54. The molecule has 1 aliphatic rings. The SMILES string of the molecule is COCCNCc1nc(C2CCCS2)no1. The average molecular weight is 243 g/mol. The van der Waals surface area contributed by atoms with E-state index in [2.05, 4.69) is 15.5 Å². The molecular weight excluding hydrogens is 226 g/mol. The van der Waals surface area contributed by atoms with Crippen molar-refractivity contribution in [1.29, 1.82) is 0 Å². The summed E-state index contributed by atoms with van der Waals surface area (Å²) >= 11 is 1.92. The van der Waals surface area contributed by atoms with Crippen LogP contribution in [0.1, 0.15) is 29.8 Å². The van der Waals surface area contributed by atoms with Crippen molar-refractivity contribution < 1.29 is 9.26 Å². The zero-order valence-corrected chi connectivity index (χ0v) is 10.3. The van der Waals surface area contributed by atoms with Crippen molar-refractivity contribution in [3.8, 4) is 0 Å². The molecule has 6 heteroatoms. The second-order valence-electron chi connectivity index (χ2n) is 3.72. The van der Waals surface area contributed by atoms with Crippen LogP contribution < -0.4 is 5.32 Å². The summed E-state index contributed by atoms with van der Waals surface area (Å²) in [5.41, 5.74) is 0. The van der Waals surface area contributed by atoms with Gasteiger partial charge in [-0.1, -0.05) is 5.16 Å². The van der Waals surface area contributed by atoms with Gasteiger partial charge in [0, 0.05) is 13.7 Å². The van der Waals surface area contributed by atoms with E-state index in [9.17, 15) is 0 Å². The Morgan fingerprint density at radius 1 is 1.62 bits per heavy atom. The lowest BCUT2D eigenvalue weighted by Gasteiger charge is -2.00. The molecule has 0 radical (unpaired) electrons. The quantitative estimate of drug-likeness (QED) is 0.762. The fourth-order valence-electron chi connectivity index (χ4n) is 1.62. The summed E-state index contributed by atoms with van der Waals surface area (Å²) in [4.78, 5) is 4.39. The highest BCUT2D eigenvalue weighted by Gasteiger charge is 2.22. The Balaban J connectivity index is 1.77. The third-order valence-corrected chi connectivity index (χ3v) is 3.83. The van der Waals surface area contributed by atoms with Crippen LogP contribution in [0.15, 0.2) is 4.52 Å². The average Bonchev–Trinajstić information content (AvgIpc) is 2.94. The van der Waals surface area contributed by atoms with Gasteiger partial charge in [0.2, 0.25) is 5.89 Å². The first-order chi connectivity index (χ1) is 7.90. The number of ether oxygens (including phenoxy) is 1. The van der Waals surface area contributed by atoms with Crippen LogP contribution in [-0.2, 0) is 11.3 Å². The zero-order valence-electron chi connectivity index (χ0n) is 9.44. The Bertz CT molecular complexity index is 313. The minimum absolute atomic E-state index is 0.441. The van der Waals surface area contributed by atoms with Gasteiger partial charge in [0.25, 0.3) is 0 Å². The molecule has 1 aromatic heterocycles. The topological polar surface area (TPSA) is 60.2 Å². The summed E-state index contributed by atoms with van der Waals surface area (Å²) in [5, 5.41) is 7.64. The van der Waals surface area contributed by atoms with Gasteiger partial charge in [-0.2, -0.15) is 16.7 Å². The molecule has 1 aliphatic heterocycles. The van der Waals surface area contributed by atoms with E-state index in [1.165, 1.54) is 18.6 Å². The molecule has 0 bridgehead atoms. The normalized spacial score (nSPS) is 20.4. The van der Waals surface area contributed by atoms with Crippen LogP contribution in [0.25, 0.3) is 0 Å². The second kappa shape index (κ2) is 6.22. The van der Waals surface area contributed by atoms with Crippen molar-refractivity contribution >= 4 is 11.8 Å². The molecule has 0 aromatic carbocycles. The van der Waals surface area contributed by atoms with Crippen LogP contribution in [0.5, 0.6) is 0 Å². The summed E-state index contributed by atoms with van der Waals surface area (Å²) < 4.78 is 10.1. The van der Waals surface area contributed by atoms with Gasteiger partial charge in [0.05, 0.1) is 18.4 Å². The first-order valence-corrected chi connectivity index (χ1v) is 6.59. The number of nitrogens with one attached hydrogen (secondary N) is 1. The molecule has 1 fully saturated rings. The molecule has 1 saturated heterocycles. The molecule has 0 saturated carbocycles. The minimum Gasteiger partial charge on any atom is -0.383 e. The van der Waals surface area contributed by atoms with E-state index in [0.717, 1.165) is 12.4 Å². The van der Waals surface area contributed by atoms with Crippen LogP contribution in [-0.4, -0.2) is 36.2 Å². The van der Waals surface area contributed by atoms with Gasteiger partial charge in [-0.25, -0.2) is 0 Å². The van der Waals surface area contributed by atoms with Gasteiger partial charge in [0.1, 0.15) is 0 Å². The van der Waals surface area contributed by atoms with E-state index in [1.54, 1.807) is 7.11 Å². The lowest BCUT2D eigenvalue weighted by Crippen LogP contribution is -2.18. The van der Waals surface area contributed by atoms with Gasteiger partial charge in [0.15, 0.2) is 5.82 Å². The summed E-state index contributed by atoms with van der Waals surface area (Å²) in [6.07, 6.45) is 2.42. The number of nitrogens with zero attached hydrogens (tertiary/aromatic N) is 2. The molecule has 1 atom stereocenters. The molecule has 5 nitrogen and oxygen atoms in total. The maximum absolute atomic E-state index is 5.18. The van der Waals surface area contributed by atoms with Crippen molar-refractivity contribution in [2.24, 2.45) is 0 Å². The van der Waals surface area contributed by atoms with Crippen molar-refractivity contribution in [2.75, 3.05) is 26.0 Å². The Labute approximate surface area is 99.3 Å². The van der Waals surface area contributed by atoms with Crippen LogP contribution in [0.4, 0.5) is 0 Å². The highest BCUT2D eigenvalue weighted by atomic mass is 32.2. The van der Waals surface area contributed by atoms with Gasteiger partial charge in [-0.05, 0) is 18.6 Å². The van der Waals surface area contributed by atoms with E-state index in [0.29, 0.717) is 24.3 Å². The van der Waals surface area contributed by atoms with E-state index in [4.69, 9.17) is 9.26 Å². The number of hydrogen-bond donors (Lipinski definition) is 1. The maximum atomic E-state index is 5.18. The molecule has 2 rings (SSSR count). The Hall–Kier alpha value is -0.590. The molecular formula is C10H17N3O2S. The number of thioether (sulfide) groups is 1. The number of hydrogen-bond acceptors (Lipinski definition) is 6. The molecule has 0 amide bonds. The molecule has 90 valence electrons. The van der Waals surface area contributed by atoms with E-state index in [-0.39, 0.29) is 0 Å². The van der Waals surface area contributed by atoms with Gasteiger partial charge in [-0.15, -0.1) is 0 Å². The Morgan fingerprint density at radius 3 is 3.31 bits per heavy atom. The Morgan fingerprint density at radius 2 is 2.56 bits per heavy atom. The predicted octanol–water partition coefficient (Wildman–Crippen LogP) is 1.37. The highest BCUT2D eigenvalue weighted by Crippen LogP contribution is 2.38.